The van der Waals surface area contributed by atoms with Gasteiger partial charge in [-0.25, -0.2) is 0 Å². The maximum atomic E-state index is 5.30. The summed E-state index contributed by atoms with van der Waals surface area (Å²) in [6.07, 6.45) is 1.35. The van der Waals surface area contributed by atoms with Gasteiger partial charge in [-0.05, 0) is 49.5 Å². The Hall–Kier alpha value is -0.670. The van der Waals surface area contributed by atoms with Crippen molar-refractivity contribution in [2.24, 2.45) is 5.92 Å². The zero-order valence-corrected chi connectivity index (χ0v) is 11.3. The van der Waals surface area contributed by atoms with Crippen LogP contribution in [0.2, 0.25) is 0 Å². The minimum Gasteiger partial charge on any atom is -0.497 e. The van der Waals surface area contributed by atoms with Crippen LogP contribution in [-0.2, 0) is 0 Å². The van der Waals surface area contributed by atoms with Gasteiger partial charge in [-0.15, -0.1) is 11.8 Å². The summed E-state index contributed by atoms with van der Waals surface area (Å²) in [5.41, 5.74) is 1.55. The van der Waals surface area contributed by atoms with Crippen LogP contribution in [0.3, 0.4) is 0 Å². The molecule has 17 heavy (non-hydrogen) atoms. The van der Waals surface area contributed by atoms with Crippen molar-refractivity contribution in [2.45, 2.75) is 17.2 Å². The average Bonchev–Trinajstić information content (AvgIpc) is 2.93. The molecular weight excluding hydrogens is 230 g/mol. The van der Waals surface area contributed by atoms with Crippen LogP contribution in [0.15, 0.2) is 23.1 Å². The summed E-state index contributed by atoms with van der Waals surface area (Å²) >= 11 is 2.00. The first-order valence-electron chi connectivity index (χ1n) is 6.27. The second-order valence-corrected chi connectivity index (χ2v) is 6.19. The second-order valence-electron chi connectivity index (χ2n) is 5.13. The van der Waals surface area contributed by atoms with Crippen molar-refractivity contribution < 1.29 is 4.74 Å². The number of ether oxygens (including phenoxy) is 1. The van der Waals surface area contributed by atoms with Crippen LogP contribution in [-0.4, -0.2) is 37.9 Å². The summed E-state index contributed by atoms with van der Waals surface area (Å²) in [7, 11) is 3.97. The maximum Gasteiger partial charge on any atom is 0.119 e. The molecule has 1 fully saturated rings. The van der Waals surface area contributed by atoms with E-state index >= 15 is 0 Å². The van der Waals surface area contributed by atoms with Gasteiger partial charge in [0.15, 0.2) is 0 Å². The van der Waals surface area contributed by atoms with Gasteiger partial charge in [-0.3, -0.25) is 0 Å². The third-order valence-electron chi connectivity index (χ3n) is 4.04. The van der Waals surface area contributed by atoms with E-state index < -0.39 is 0 Å². The van der Waals surface area contributed by atoms with Gasteiger partial charge in [0.25, 0.3) is 0 Å². The number of likely N-dealkylation sites (tertiary alicyclic amines) is 1. The molecule has 3 heteroatoms. The predicted octanol–water partition coefficient (Wildman–Crippen LogP) is 2.84. The Morgan fingerprint density at radius 1 is 1.41 bits per heavy atom. The smallest absolute Gasteiger partial charge is 0.119 e. The first-order valence-corrected chi connectivity index (χ1v) is 7.26. The highest BCUT2D eigenvalue weighted by Crippen LogP contribution is 2.46. The topological polar surface area (TPSA) is 12.5 Å². The minimum atomic E-state index is 0.755. The van der Waals surface area contributed by atoms with E-state index in [1.807, 2.05) is 11.8 Å². The minimum absolute atomic E-state index is 0.755. The van der Waals surface area contributed by atoms with Crippen LogP contribution >= 0.6 is 11.8 Å². The predicted molar refractivity (Wildman–Crippen MR) is 72.1 cm³/mol. The highest BCUT2D eigenvalue weighted by molar-refractivity contribution is 7.99. The number of fused-ring (bicyclic) bond motifs is 1. The van der Waals surface area contributed by atoms with Gasteiger partial charge in [-0.1, -0.05) is 6.07 Å². The van der Waals surface area contributed by atoms with E-state index in [1.165, 1.54) is 30.2 Å². The summed E-state index contributed by atoms with van der Waals surface area (Å²) < 4.78 is 5.30. The van der Waals surface area contributed by atoms with Crippen molar-refractivity contribution >= 4 is 11.8 Å². The van der Waals surface area contributed by atoms with Crippen molar-refractivity contribution in [3.05, 3.63) is 23.8 Å². The Balaban J connectivity index is 1.84. The molecule has 0 N–H and O–H groups in total. The molecule has 0 aliphatic carbocycles. The van der Waals surface area contributed by atoms with Crippen molar-refractivity contribution in [3.63, 3.8) is 0 Å². The van der Waals surface area contributed by atoms with Crippen LogP contribution in [0.4, 0.5) is 0 Å². The molecule has 0 spiro atoms. The van der Waals surface area contributed by atoms with E-state index in [0.29, 0.717) is 0 Å². The molecule has 2 nitrogen and oxygen atoms in total. The molecule has 0 amide bonds. The van der Waals surface area contributed by atoms with Gasteiger partial charge < -0.3 is 9.64 Å². The zero-order chi connectivity index (χ0) is 11.8. The Morgan fingerprint density at radius 2 is 2.29 bits per heavy atom. The fourth-order valence-electron chi connectivity index (χ4n) is 3.03. The van der Waals surface area contributed by atoms with Crippen molar-refractivity contribution in [3.8, 4) is 5.75 Å². The molecule has 2 atom stereocenters. The fraction of sp³-hybridized carbons (Fsp3) is 0.571. The first-order chi connectivity index (χ1) is 8.28. The lowest BCUT2D eigenvalue weighted by Gasteiger charge is -2.18. The maximum absolute atomic E-state index is 5.30. The van der Waals surface area contributed by atoms with E-state index in [1.54, 1.807) is 12.7 Å². The first kappa shape index (κ1) is 11.4. The van der Waals surface area contributed by atoms with Crippen molar-refractivity contribution in [1.82, 2.24) is 4.90 Å². The van der Waals surface area contributed by atoms with Crippen LogP contribution in [0, 0.1) is 5.92 Å². The molecule has 0 radical (unpaired) electrons. The number of hydrogen-bond acceptors (Lipinski definition) is 3. The standard InChI is InChI=1S/C14H19NOS/c1-15-6-5-10(8-15)13-9-17-14-7-11(16-2)3-4-12(13)14/h3-4,7,10,13H,5-6,8-9H2,1-2H3. The highest BCUT2D eigenvalue weighted by Gasteiger charge is 2.33. The molecule has 0 aromatic heterocycles. The number of rotatable bonds is 2. The van der Waals surface area contributed by atoms with Crippen LogP contribution in [0.5, 0.6) is 5.75 Å². The van der Waals surface area contributed by atoms with Gasteiger partial charge >= 0.3 is 0 Å². The molecule has 2 aliphatic rings. The molecule has 2 aliphatic heterocycles. The lowest BCUT2D eigenvalue weighted by molar-refractivity contribution is 0.378. The average molecular weight is 249 g/mol. The van der Waals surface area contributed by atoms with E-state index in [2.05, 4.69) is 30.1 Å². The molecule has 1 aromatic carbocycles. The van der Waals surface area contributed by atoms with Crippen LogP contribution in [0.25, 0.3) is 0 Å². The third kappa shape index (κ3) is 2.06. The number of nitrogens with zero attached hydrogens (tertiary/aromatic N) is 1. The van der Waals surface area contributed by atoms with E-state index in [0.717, 1.165) is 17.6 Å². The molecule has 2 heterocycles. The fourth-order valence-corrected chi connectivity index (χ4v) is 4.43. The second kappa shape index (κ2) is 4.54. The number of thioether (sulfide) groups is 1. The molecule has 1 saturated heterocycles. The molecule has 92 valence electrons. The van der Waals surface area contributed by atoms with Gasteiger partial charge in [0.05, 0.1) is 7.11 Å². The van der Waals surface area contributed by atoms with Gasteiger partial charge in [0.2, 0.25) is 0 Å². The zero-order valence-electron chi connectivity index (χ0n) is 10.5. The van der Waals surface area contributed by atoms with E-state index in [4.69, 9.17) is 4.74 Å². The Bertz CT molecular complexity index is 421. The monoisotopic (exact) mass is 249 g/mol. The SMILES string of the molecule is COc1ccc2c(c1)SCC2C1CCN(C)C1. The summed E-state index contributed by atoms with van der Waals surface area (Å²) in [5.74, 6) is 3.84. The van der Waals surface area contributed by atoms with Crippen LogP contribution < -0.4 is 4.74 Å². The largest absolute Gasteiger partial charge is 0.497 e. The van der Waals surface area contributed by atoms with Gasteiger partial charge in [0.1, 0.15) is 5.75 Å². The molecule has 0 bridgehead atoms. The Labute approximate surface area is 107 Å². The van der Waals surface area contributed by atoms with E-state index in [-0.39, 0.29) is 0 Å². The molecule has 1 aromatic rings. The van der Waals surface area contributed by atoms with Crippen molar-refractivity contribution in [1.29, 1.82) is 0 Å². The highest BCUT2D eigenvalue weighted by atomic mass is 32.2. The number of hydrogen-bond donors (Lipinski definition) is 0. The van der Waals surface area contributed by atoms with Crippen molar-refractivity contribution in [2.75, 3.05) is 33.0 Å². The summed E-state index contributed by atoms with van der Waals surface area (Å²) in [4.78, 5) is 3.89. The Morgan fingerprint density at radius 3 is 3.00 bits per heavy atom. The summed E-state index contributed by atoms with van der Waals surface area (Å²) in [5, 5.41) is 0. The number of benzene rings is 1. The molecule has 2 unspecified atom stereocenters. The summed E-state index contributed by atoms with van der Waals surface area (Å²) in [6.45, 7) is 2.52. The van der Waals surface area contributed by atoms with Crippen LogP contribution in [0.1, 0.15) is 17.9 Å². The molecular formula is C14H19NOS. The van der Waals surface area contributed by atoms with E-state index in [9.17, 15) is 0 Å². The quantitative estimate of drug-likeness (QED) is 0.799. The normalized spacial score (nSPS) is 28.4. The lowest BCUT2D eigenvalue weighted by atomic mass is 9.87. The number of methoxy groups -OCH3 is 1. The molecule has 0 saturated carbocycles. The molecule has 3 rings (SSSR count). The van der Waals surface area contributed by atoms with Gasteiger partial charge in [-0.2, -0.15) is 0 Å². The summed E-state index contributed by atoms with van der Waals surface area (Å²) in [6, 6.07) is 6.58. The third-order valence-corrected chi connectivity index (χ3v) is 5.23. The lowest BCUT2D eigenvalue weighted by Crippen LogP contribution is -2.18. The van der Waals surface area contributed by atoms with Gasteiger partial charge in [0, 0.05) is 17.2 Å². The Kier molecular flexibility index (Phi) is 3.05.